The maximum atomic E-state index is 4.28. The molecule has 21 heavy (non-hydrogen) atoms. The molecule has 0 aliphatic carbocycles. The molecule has 1 heterocycles. The Kier molecular flexibility index (Phi) is 5.88. The molecule has 0 radical (unpaired) electrons. The number of benzene rings is 1. The van der Waals surface area contributed by atoms with E-state index in [2.05, 4.69) is 59.9 Å². The first-order valence-electron chi connectivity index (χ1n) is 7.72. The molecule has 0 bridgehead atoms. The van der Waals surface area contributed by atoms with E-state index in [9.17, 15) is 0 Å². The van der Waals surface area contributed by atoms with Gasteiger partial charge in [0.2, 0.25) is 0 Å². The molecule has 0 saturated heterocycles. The molecule has 1 unspecified atom stereocenters. The minimum absolute atomic E-state index is 0.302. The molecule has 0 aliphatic heterocycles. The topological polar surface area (TPSA) is 37.8 Å². The van der Waals surface area contributed by atoms with E-state index >= 15 is 0 Å². The Bertz CT molecular complexity index is 545. The Hall–Kier alpha value is -1.26. The number of rotatable bonds is 7. The van der Waals surface area contributed by atoms with Crippen LogP contribution >= 0.6 is 11.5 Å². The van der Waals surface area contributed by atoms with Crippen molar-refractivity contribution in [2.75, 3.05) is 7.05 Å². The molecule has 0 fully saturated rings. The van der Waals surface area contributed by atoms with Crippen LogP contribution in [0, 0.1) is 0 Å². The number of hydrogen-bond acceptors (Lipinski definition) is 4. The average Bonchev–Trinajstić information content (AvgIpc) is 2.94. The van der Waals surface area contributed by atoms with Crippen molar-refractivity contribution in [3.8, 4) is 0 Å². The highest BCUT2D eigenvalue weighted by Crippen LogP contribution is 2.25. The van der Waals surface area contributed by atoms with Gasteiger partial charge in [-0.05, 0) is 48.5 Å². The number of hydrogen-bond donors (Lipinski definition) is 1. The number of nitrogens with zero attached hydrogens (tertiary/aromatic N) is 2. The van der Waals surface area contributed by atoms with Gasteiger partial charge in [-0.15, -0.1) is 5.10 Å². The summed E-state index contributed by atoms with van der Waals surface area (Å²) in [5.41, 5.74) is 3.90. The molecule has 3 nitrogen and oxygen atoms in total. The lowest BCUT2D eigenvalue weighted by atomic mass is 9.98. The van der Waals surface area contributed by atoms with Gasteiger partial charge >= 0.3 is 0 Å². The van der Waals surface area contributed by atoms with E-state index in [-0.39, 0.29) is 0 Å². The van der Waals surface area contributed by atoms with E-state index in [4.69, 9.17) is 0 Å². The second-order valence-corrected chi connectivity index (χ2v) is 6.56. The summed E-state index contributed by atoms with van der Waals surface area (Å²) in [6.07, 6.45) is 3.10. The van der Waals surface area contributed by atoms with Crippen molar-refractivity contribution in [2.45, 2.75) is 52.0 Å². The molecule has 0 spiro atoms. The van der Waals surface area contributed by atoms with Gasteiger partial charge in [-0.2, -0.15) is 0 Å². The molecular weight excluding hydrogens is 278 g/mol. The molecule has 4 heteroatoms. The van der Waals surface area contributed by atoms with Crippen molar-refractivity contribution in [3.05, 3.63) is 46.0 Å². The lowest BCUT2D eigenvalue weighted by molar-refractivity contribution is 0.593. The highest BCUT2D eigenvalue weighted by Gasteiger charge is 2.18. The first-order valence-corrected chi connectivity index (χ1v) is 8.50. The van der Waals surface area contributed by atoms with Gasteiger partial charge in [-0.1, -0.05) is 55.9 Å². The van der Waals surface area contributed by atoms with Gasteiger partial charge in [0.1, 0.15) is 0 Å². The van der Waals surface area contributed by atoms with Crippen LogP contribution in [0.25, 0.3) is 0 Å². The number of likely N-dealkylation sites (N-methyl/N-ethyl adjacent to an activating group) is 1. The predicted molar refractivity (Wildman–Crippen MR) is 89.9 cm³/mol. The van der Waals surface area contributed by atoms with Gasteiger partial charge in [-0.3, -0.25) is 0 Å². The normalized spacial score (nSPS) is 12.8. The van der Waals surface area contributed by atoms with Crippen LogP contribution in [0.2, 0.25) is 0 Å². The molecule has 114 valence electrons. The SMILES string of the molecule is CCCc1nnsc1C(Cc1ccc(C(C)C)cc1)NC. The summed E-state index contributed by atoms with van der Waals surface area (Å²) in [5, 5.41) is 7.70. The number of aryl methyl sites for hydroxylation is 1. The highest BCUT2D eigenvalue weighted by molar-refractivity contribution is 7.05. The van der Waals surface area contributed by atoms with Crippen LogP contribution in [-0.2, 0) is 12.8 Å². The monoisotopic (exact) mass is 303 g/mol. The Labute approximate surface area is 132 Å². The molecule has 1 aromatic heterocycles. The quantitative estimate of drug-likeness (QED) is 0.836. The van der Waals surface area contributed by atoms with Crippen LogP contribution in [0.3, 0.4) is 0 Å². The summed E-state index contributed by atoms with van der Waals surface area (Å²) < 4.78 is 4.14. The maximum absolute atomic E-state index is 4.28. The average molecular weight is 303 g/mol. The fourth-order valence-electron chi connectivity index (χ4n) is 2.49. The molecule has 0 amide bonds. The zero-order chi connectivity index (χ0) is 15.2. The summed E-state index contributed by atoms with van der Waals surface area (Å²) in [5.74, 6) is 0.584. The molecule has 1 aromatic carbocycles. The van der Waals surface area contributed by atoms with Crippen LogP contribution in [-0.4, -0.2) is 16.6 Å². The Morgan fingerprint density at radius 2 is 1.90 bits per heavy atom. The van der Waals surface area contributed by atoms with E-state index < -0.39 is 0 Å². The fraction of sp³-hybridized carbons (Fsp3) is 0.529. The molecule has 0 saturated carbocycles. The Balaban J connectivity index is 2.13. The van der Waals surface area contributed by atoms with Crippen molar-refractivity contribution in [3.63, 3.8) is 0 Å². The summed E-state index contributed by atoms with van der Waals surface area (Å²) in [4.78, 5) is 1.28. The van der Waals surface area contributed by atoms with Crippen LogP contribution < -0.4 is 5.32 Å². The third kappa shape index (κ3) is 4.11. The third-order valence-electron chi connectivity index (χ3n) is 3.82. The zero-order valence-electron chi connectivity index (χ0n) is 13.4. The van der Waals surface area contributed by atoms with Crippen molar-refractivity contribution in [2.24, 2.45) is 0 Å². The molecule has 2 rings (SSSR count). The van der Waals surface area contributed by atoms with E-state index in [1.165, 1.54) is 27.5 Å². The molecule has 0 aliphatic rings. The van der Waals surface area contributed by atoms with Crippen LogP contribution in [0.1, 0.15) is 60.8 Å². The molecule has 1 N–H and O–H groups in total. The first-order chi connectivity index (χ1) is 10.2. The van der Waals surface area contributed by atoms with Gasteiger partial charge in [0.25, 0.3) is 0 Å². The van der Waals surface area contributed by atoms with Gasteiger partial charge in [0.05, 0.1) is 10.6 Å². The lowest BCUT2D eigenvalue weighted by Crippen LogP contribution is -2.19. The first kappa shape index (κ1) is 16.1. The van der Waals surface area contributed by atoms with Crippen LogP contribution in [0.15, 0.2) is 24.3 Å². The van der Waals surface area contributed by atoms with Crippen LogP contribution in [0.4, 0.5) is 0 Å². The van der Waals surface area contributed by atoms with Crippen LogP contribution in [0.5, 0.6) is 0 Å². The van der Waals surface area contributed by atoms with Crippen molar-refractivity contribution in [1.29, 1.82) is 0 Å². The fourth-order valence-corrected chi connectivity index (χ4v) is 3.29. The van der Waals surface area contributed by atoms with Gasteiger partial charge in [-0.25, -0.2) is 0 Å². The van der Waals surface area contributed by atoms with Gasteiger partial charge in [0, 0.05) is 6.04 Å². The second kappa shape index (κ2) is 7.66. The maximum Gasteiger partial charge on any atom is 0.0803 e. The van der Waals surface area contributed by atoms with Gasteiger partial charge < -0.3 is 5.32 Å². The van der Waals surface area contributed by atoms with E-state index in [0.29, 0.717) is 12.0 Å². The summed E-state index contributed by atoms with van der Waals surface area (Å²) in [6.45, 7) is 6.64. The van der Waals surface area contributed by atoms with Crippen molar-refractivity contribution in [1.82, 2.24) is 14.9 Å². The summed E-state index contributed by atoms with van der Waals surface area (Å²) >= 11 is 1.53. The molecular formula is C17H25N3S. The molecule has 2 aromatic rings. The Morgan fingerprint density at radius 3 is 2.48 bits per heavy atom. The van der Waals surface area contributed by atoms with Crippen molar-refractivity contribution >= 4 is 11.5 Å². The highest BCUT2D eigenvalue weighted by atomic mass is 32.1. The standard InChI is InChI=1S/C17H25N3S/c1-5-6-15-17(21-20-19-15)16(18-4)11-13-7-9-14(10-8-13)12(2)3/h7-10,12,16,18H,5-6,11H2,1-4H3. The zero-order valence-corrected chi connectivity index (χ0v) is 14.2. The predicted octanol–water partition coefficient (Wildman–Crippen LogP) is 4.12. The van der Waals surface area contributed by atoms with E-state index in [1.54, 1.807) is 0 Å². The lowest BCUT2D eigenvalue weighted by Gasteiger charge is -2.16. The van der Waals surface area contributed by atoms with Gasteiger partial charge in [0.15, 0.2) is 0 Å². The summed E-state index contributed by atoms with van der Waals surface area (Å²) in [7, 11) is 2.02. The second-order valence-electron chi connectivity index (χ2n) is 5.78. The minimum Gasteiger partial charge on any atom is -0.312 e. The summed E-state index contributed by atoms with van der Waals surface area (Å²) in [6, 6.07) is 9.27. The van der Waals surface area contributed by atoms with E-state index in [0.717, 1.165) is 25.0 Å². The smallest absolute Gasteiger partial charge is 0.0803 e. The number of aromatic nitrogens is 2. The van der Waals surface area contributed by atoms with Crippen molar-refractivity contribution < 1.29 is 0 Å². The minimum atomic E-state index is 0.302. The Morgan fingerprint density at radius 1 is 1.19 bits per heavy atom. The largest absolute Gasteiger partial charge is 0.312 e. The third-order valence-corrected chi connectivity index (χ3v) is 4.70. The van der Waals surface area contributed by atoms with E-state index in [1.807, 2.05) is 7.05 Å². The number of nitrogens with one attached hydrogen (secondary N) is 1. The molecule has 1 atom stereocenters.